The van der Waals surface area contributed by atoms with Gasteiger partial charge >= 0.3 is 5.97 Å². The number of rotatable bonds is 10. The second-order valence-corrected chi connectivity index (χ2v) is 5.24. The number of nitrogens with zero attached hydrogens (tertiary/aromatic N) is 1. The first-order valence-electron chi connectivity index (χ1n) is 7.01. The molecular weight excluding hydrogens is 260 g/mol. The summed E-state index contributed by atoms with van der Waals surface area (Å²) < 4.78 is 10.0. The molecule has 118 valence electrons. The van der Waals surface area contributed by atoms with Gasteiger partial charge in [-0.1, -0.05) is 6.92 Å². The first-order chi connectivity index (χ1) is 9.36. The highest BCUT2D eigenvalue weighted by atomic mass is 16.5. The summed E-state index contributed by atoms with van der Waals surface area (Å²) in [5, 5.41) is 2.83. The van der Waals surface area contributed by atoms with Crippen molar-refractivity contribution in [1.29, 1.82) is 0 Å². The minimum atomic E-state index is -0.261. The summed E-state index contributed by atoms with van der Waals surface area (Å²) in [5.74, 6) is -0.547. The Bertz CT molecular complexity index is 295. The van der Waals surface area contributed by atoms with Gasteiger partial charge in [0.15, 0.2) is 0 Å². The van der Waals surface area contributed by atoms with E-state index in [2.05, 4.69) is 10.1 Å². The van der Waals surface area contributed by atoms with Crippen molar-refractivity contribution in [3.05, 3.63) is 0 Å². The number of hydrogen-bond donors (Lipinski definition) is 1. The zero-order valence-corrected chi connectivity index (χ0v) is 13.3. The third-order valence-corrected chi connectivity index (χ3v) is 2.70. The molecular formula is C14H28N2O4. The Hall–Kier alpha value is -1.14. The number of carbonyl (C=O) groups excluding carboxylic acids is 2. The predicted molar refractivity (Wildman–Crippen MR) is 77.4 cm³/mol. The second-order valence-electron chi connectivity index (χ2n) is 5.24. The van der Waals surface area contributed by atoms with Crippen LogP contribution in [0.3, 0.4) is 0 Å². The summed E-state index contributed by atoms with van der Waals surface area (Å²) in [5.41, 5.74) is 0. The number of methoxy groups -OCH3 is 1. The van der Waals surface area contributed by atoms with Crippen molar-refractivity contribution in [2.45, 2.75) is 33.3 Å². The molecule has 0 aliphatic heterocycles. The number of ether oxygens (including phenoxy) is 2. The maximum Gasteiger partial charge on any atom is 0.309 e. The third kappa shape index (κ3) is 9.75. The molecule has 0 spiro atoms. The molecule has 0 aromatic heterocycles. The van der Waals surface area contributed by atoms with E-state index in [1.54, 1.807) is 14.0 Å². The molecule has 0 saturated carbocycles. The summed E-state index contributed by atoms with van der Waals surface area (Å²) in [6.45, 7) is 7.76. The van der Waals surface area contributed by atoms with Gasteiger partial charge in [-0.25, -0.2) is 0 Å². The molecule has 1 unspecified atom stereocenters. The van der Waals surface area contributed by atoms with E-state index in [-0.39, 0.29) is 30.4 Å². The SMILES string of the molecule is COC(=O)C(C)CN(C)CC(=O)NCCCOC(C)C. The van der Waals surface area contributed by atoms with Crippen LogP contribution in [0.15, 0.2) is 0 Å². The molecule has 6 heteroatoms. The molecule has 0 fully saturated rings. The standard InChI is InChI=1S/C14H28N2O4/c1-11(2)20-8-6-7-15-13(17)10-16(4)9-12(3)14(18)19-5/h11-12H,6-10H2,1-5H3,(H,15,17). The molecule has 6 nitrogen and oxygen atoms in total. The lowest BCUT2D eigenvalue weighted by Gasteiger charge is -2.19. The molecule has 1 atom stereocenters. The number of likely N-dealkylation sites (N-methyl/N-ethyl adjacent to an activating group) is 1. The lowest BCUT2D eigenvalue weighted by Crippen LogP contribution is -2.38. The quantitative estimate of drug-likeness (QED) is 0.472. The Morgan fingerprint density at radius 2 is 1.90 bits per heavy atom. The van der Waals surface area contributed by atoms with Crippen molar-refractivity contribution >= 4 is 11.9 Å². The molecule has 0 aliphatic carbocycles. The van der Waals surface area contributed by atoms with E-state index in [0.717, 1.165) is 6.42 Å². The smallest absolute Gasteiger partial charge is 0.309 e. The molecule has 0 rings (SSSR count). The average molecular weight is 288 g/mol. The molecule has 20 heavy (non-hydrogen) atoms. The highest BCUT2D eigenvalue weighted by Gasteiger charge is 2.16. The van der Waals surface area contributed by atoms with Crippen molar-refractivity contribution < 1.29 is 19.1 Å². The molecule has 0 radical (unpaired) electrons. The van der Waals surface area contributed by atoms with Crippen molar-refractivity contribution in [1.82, 2.24) is 10.2 Å². The molecule has 0 bridgehead atoms. The Kier molecular flexibility index (Phi) is 10.0. The summed E-state index contributed by atoms with van der Waals surface area (Å²) in [6.07, 6.45) is 1.02. The Morgan fingerprint density at radius 1 is 1.25 bits per heavy atom. The predicted octanol–water partition coefficient (Wildman–Crippen LogP) is 0.659. The summed E-state index contributed by atoms with van der Waals surface area (Å²) >= 11 is 0. The Morgan fingerprint density at radius 3 is 2.45 bits per heavy atom. The van der Waals surface area contributed by atoms with E-state index in [0.29, 0.717) is 19.7 Å². The summed E-state index contributed by atoms with van der Waals surface area (Å²) in [7, 11) is 3.17. The van der Waals surface area contributed by atoms with E-state index in [9.17, 15) is 9.59 Å². The van der Waals surface area contributed by atoms with Crippen LogP contribution in [-0.4, -0.2) is 63.3 Å². The van der Waals surface area contributed by atoms with Gasteiger partial charge in [-0.3, -0.25) is 14.5 Å². The van der Waals surface area contributed by atoms with Crippen LogP contribution in [0, 0.1) is 5.92 Å². The largest absolute Gasteiger partial charge is 0.469 e. The molecule has 0 heterocycles. The van der Waals surface area contributed by atoms with Gasteiger partial charge in [0.1, 0.15) is 0 Å². The van der Waals surface area contributed by atoms with Gasteiger partial charge in [-0.15, -0.1) is 0 Å². The first kappa shape index (κ1) is 18.9. The third-order valence-electron chi connectivity index (χ3n) is 2.70. The minimum absolute atomic E-state index is 0.0471. The summed E-state index contributed by atoms with van der Waals surface area (Å²) in [4.78, 5) is 24.7. The topological polar surface area (TPSA) is 67.9 Å². The van der Waals surface area contributed by atoms with Gasteiger partial charge in [-0.2, -0.15) is 0 Å². The monoisotopic (exact) mass is 288 g/mol. The molecule has 0 aliphatic rings. The first-order valence-corrected chi connectivity index (χ1v) is 7.01. The van der Waals surface area contributed by atoms with Crippen molar-refractivity contribution in [3.63, 3.8) is 0 Å². The van der Waals surface area contributed by atoms with Crippen LogP contribution in [0.2, 0.25) is 0 Å². The van der Waals surface area contributed by atoms with Crippen LogP contribution in [0.25, 0.3) is 0 Å². The fourth-order valence-corrected chi connectivity index (χ4v) is 1.73. The van der Waals surface area contributed by atoms with Gasteiger partial charge in [0, 0.05) is 19.7 Å². The number of amides is 1. The van der Waals surface area contributed by atoms with Gasteiger partial charge in [0.2, 0.25) is 5.91 Å². The van der Waals surface area contributed by atoms with Gasteiger partial charge in [0.05, 0.1) is 25.7 Å². The summed E-state index contributed by atoms with van der Waals surface area (Å²) in [6, 6.07) is 0. The fourth-order valence-electron chi connectivity index (χ4n) is 1.73. The van der Waals surface area contributed by atoms with Gasteiger partial charge in [0.25, 0.3) is 0 Å². The van der Waals surface area contributed by atoms with E-state index >= 15 is 0 Å². The fraction of sp³-hybridized carbons (Fsp3) is 0.857. The lowest BCUT2D eigenvalue weighted by molar-refractivity contribution is -0.145. The van der Waals surface area contributed by atoms with Gasteiger partial charge in [-0.05, 0) is 27.3 Å². The Labute approximate surface area is 121 Å². The number of hydrogen-bond acceptors (Lipinski definition) is 5. The Balaban J connectivity index is 3.72. The van der Waals surface area contributed by atoms with Crippen molar-refractivity contribution in [2.75, 3.05) is 40.4 Å². The average Bonchev–Trinajstić information content (AvgIpc) is 2.36. The highest BCUT2D eigenvalue weighted by molar-refractivity contribution is 5.78. The van der Waals surface area contributed by atoms with E-state index in [4.69, 9.17) is 4.74 Å². The maximum absolute atomic E-state index is 11.7. The van der Waals surface area contributed by atoms with Crippen LogP contribution in [0.1, 0.15) is 27.2 Å². The molecule has 0 aromatic rings. The zero-order valence-electron chi connectivity index (χ0n) is 13.3. The van der Waals surface area contributed by atoms with Gasteiger partial charge < -0.3 is 14.8 Å². The van der Waals surface area contributed by atoms with E-state index in [1.807, 2.05) is 18.7 Å². The molecule has 0 aromatic carbocycles. The van der Waals surface area contributed by atoms with Crippen LogP contribution in [0.4, 0.5) is 0 Å². The van der Waals surface area contributed by atoms with E-state index < -0.39 is 0 Å². The van der Waals surface area contributed by atoms with E-state index in [1.165, 1.54) is 7.11 Å². The zero-order chi connectivity index (χ0) is 15.5. The van der Waals surface area contributed by atoms with Crippen LogP contribution in [-0.2, 0) is 19.1 Å². The minimum Gasteiger partial charge on any atom is -0.469 e. The molecule has 1 N–H and O–H groups in total. The number of esters is 1. The number of nitrogens with one attached hydrogen (secondary N) is 1. The van der Waals surface area contributed by atoms with Crippen molar-refractivity contribution in [3.8, 4) is 0 Å². The van der Waals surface area contributed by atoms with Crippen LogP contribution < -0.4 is 5.32 Å². The maximum atomic E-state index is 11.7. The lowest BCUT2D eigenvalue weighted by atomic mass is 10.2. The highest BCUT2D eigenvalue weighted by Crippen LogP contribution is 2.00. The van der Waals surface area contributed by atoms with Crippen LogP contribution >= 0.6 is 0 Å². The normalized spacial score (nSPS) is 12.6. The second kappa shape index (κ2) is 10.6. The van der Waals surface area contributed by atoms with Crippen molar-refractivity contribution in [2.24, 2.45) is 5.92 Å². The molecule has 1 amide bonds. The van der Waals surface area contributed by atoms with Crippen LogP contribution in [0.5, 0.6) is 0 Å². The molecule has 0 saturated heterocycles. The number of carbonyl (C=O) groups is 2.